The molecule has 0 bridgehead atoms. The van der Waals surface area contributed by atoms with Gasteiger partial charge in [0.25, 0.3) is 0 Å². The van der Waals surface area contributed by atoms with Gasteiger partial charge in [-0.2, -0.15) is 13.2 Å². The number of rotatable bonds is 8. The lowest BCUT2D eigenvalue weighted by Gasteiger charge is -2.28. The smallest absolute Gasteiger partial charge is 0.420 e. The van der Waals surface area contributed by atoms with Crippen LogP contribution >= 0.6 is 0 Å². The van der Waals surface area contributed by atoms with E-state index in [1.54, 1.807) is 36.4 Å². The van der Waals surface area contributed by atoms with Crippen molar-refractivity contribution in [3.05, 3.63) is 83.4 Å². The van der Waals surface area contributed by atoms with Crippen LogP contribution < -0.4 is 14.2 Å². The highest BCUT2D eigenvalue weighted by atomic mass is 32.2. The first-order chi connectivity index (χ1) is 17.0. The quantitative estimate of drug-likeness (QED) is 0.416. The van der Waals surface area contributed by atoms with Gasteiger partial charge in [0.05, 0.1) is 10.5 Å². The second kappa shape index (κ2) is 10.2. The van der Waals surface area contributed by atoms with Gasteiger partial charge >= 0.3 is 12.1 Å². The molecule has 4 rings (SSSR count). The standard InChI is InChI=1S/C25H22F3NO6S/c26-25(27,28)20-14-17(12-13-23(20)35-16-6-2-1-3-7-16)36(32,33)29-21-10-4-9-19-18(21)8-5-11-22(19)34-15-24(30)31/h1-3,5-8,11-14,21,29H,4,9-10,15H2,(H,30,31). The maximum absolute atomic E-state index is 13.8. The van der Waals surface area contributed by atoms with Crippen molar-refractivity contribution in [3.8, 4) is 17.2 Å². The Labute approximate surface area is 205 Å². The van der Waals surface area contributed by atoms with Gasteiger partial charge in [-0.25, -0.2) is 17.9 Å². The average Bonchev–Trinajstić information content (AvgIpc) is 2.83. The topological polar surface area (TPSA) is 102 Å². The van der Waals surface area contributed by atoms with E-state index in [2.05, 4.69) is 4.72 Å². The lowest BCUT2D eigenvalue weighted by molar-refractivity contribution is -0.140. The molecule has 1 aliphatic carbocycles. The Morgan fingerprint density at radius 1 is 1.03 bits per heavy atom. The van der Waals surface area contributed by atoms with Crippen molar-refractivity contribution < 1.29 is 41.0 Å². The van der Waals surface area contributed by atoms with Gasteiger partial charge in [-0.3, -0.25) is 0 Å². The molecule has 0 spiro atoms. The molecule has 3 aromatic carbocycles. The minimum Gasteiger partial charge on any atom is -0.482 e. The fraction of sp³-hybridized carbons (Fsp3) is 0.240. The van der Waals surface area contributed by atoms with Crippen LogP contribution in [0.1, 0.15) is 35.6 Å². The van der Waals surface area contributed by atoms with Gasteiger partial charge in [-0.05, 0) is 66.8 Å². The lowest BCUT2D eigenvalue weighted by Crippen LogP contribution is -2.31. The summed E-state index contributed by atoms with van der Waals surface area (Å²) in [6.07, 6.45) is -3.32. The number of ether oxygens (including phenoxy) is 2. The van der Waals surface area contributed by atoms with E-state index in [1.807, 2.05) is 0 Å². The minimum atomic E-state index is -4.86. The van der Waals surface area contributed by atoms with E-state index in [4.69, 9.17) is 14.6 Å². The zero-order chi connectivity index (χ0) is 25.9. The first kappa shape index (κ1) is 25.5. The minimum absolute atomic E-state index is 0.177. The number of nitrogens with one attached hydrogen (secondary N) is 1. The van der Waals surface area contributed by atoms with Crippen LogP contribution in [-0.2, 0) is 27.4 Å². The number of alkyl halides is 3. The van der Waals surface area contributed by atoms with E-state index in [0.29, 0.717) is 42.2 Å². The third kappa shape index (κ3) is 5.80. The van der Waals surface area contributed by atoms with Gasteiger partial charge in [0, 0.05) is 6.04 Å². The zero-order valence-electron chi connectivity index (χ0n) is 18.8. The number of aliphatic carboxylic acids is 1. The number of carbonyl (C=O) groups is 1. The van der Waals surface area contributed by atoms with Crippen LogP contribution in [0.4, 0.5) is 13.2 Å². The molecule has 2 N–H and O–H groups in total. The molecule has 0 fully saturated rings. The fourth-order valence-corrected chi connectivity index (χ4v) is 5.35. The Balaban J connectivity index is 1.63. The Morgan fingerprint density at radius 3 is 2.47 bits per heavy atom. The van der Waals surface area contributed by atoms with E-state index in [1.165, 1.54) is 12.1 Å². The molecule has 3 aromatic rings. The summed E-state index contributed by atoms with van der Waals surface area (Å²) in [6, 6.07) is 14.6. The van der Waals surface area contributed by atoms with Crippen molar-refractivity contribution in [2.45, 2.75) is 36.4 Å². The van der Waals surface area contributed by atoms with Crippen LogP contribution in [-0.4, -0.2) is 26.1 Å². The number of carboxylic acid groups (broad SMARTS) is 1. The van der Waals surface area contributed by atoms with Gasteiger partial charge in [-0.1, -0.05) is 30.3 Å². The fourth-order valence-electron chi connectivity index (χ4n) is 4.07. The van der Waals surface area contributed by atoms with Crippen molar-refractivity contribution in [2.75, 3.05) is 6.61 Å². The number of para-hydroxylation sites is 1. The third-order valence-corrected chi connectivity index (χ3v) is 7.12. The highest BCUT2D eigenvalue weighted by Gasteiger charge is 2.37. The molecule has 1 atom stereocenters. The molecule has 0 saturated carbocycles. The lowest BCUT2D eigenvalue weighted by atomic mass is 9.87. The maximum atomic E-state index is 13.8. The summed E-state index contributed by atoms with van der Waals surface area (Å²) >= 11 is 0. The molecular formula is C25H22F3NO6S. The molecule has 1 unspecified atom stereocenters. The number of halogens is 3. The van der Waals surface area contributed by atoms with Crippen LogP contribution in [0.15, 0.2) is 71.6 Å². The third-order valence-electron chi connectivity index (χ3n) is 5.65. The molecular weight excluding hydrogens is 499 g/mol. The van der Waals surface area contributed by atoms with Crippen molar-refractivity contribution in [2.24, 2.45) is 0 Å². The van der Waals surface area contributed by atoms with Gasteiger partial charge < -0.3 is 14.6 Å². The number of sulfonamides is 1. The largest absolute Gasteiger partial charge is 0.482 e. The average molecular weight is 522 g/mol. The van der Waals surface area contributed by atoms with E-state index >= 15 is 0 Å². The van der Waals surface area contributed by atoms with E-state index in [-0.39, 0.29) is 5.75 Å². The normalized spacial score (nSPS) is 15.7. The molecule has 36 heavy (non-hydrogen) atoms. The molecule has 0 amide bonds. The van der Waals surface area contributed by atoms with Gasteiger partial charge in [0.2, 0.25) is 10.0 Å². The van der Waals surface area contributed by atoms with Gasteiger partial charge in [-0.15, -0.1) is 0 Å². The van der Waals surface area contributed by atoms with E-state index in [0.717, 1.165) is 12.1 Å². The van der Waals surface area contributed by atoms with Crippen LogP contribution in [0, 0.1) is 0 Å². The Hall–Kier alpha value is -3.57. The van der Waals surface area contributed by atoms with Crippen LogP contribution in [0.5, 0.6) is 17.2 Å². The van der Waals surface area contributed by atoms with Crippen LogP contribution in [0.3, 0.4) is 0 Å². The summed E-state index contributed by atoms with van der Waals surface area (Å²) in [5.74, 6) is -1.16. The van der Waals surface area contributed by atoms with Crippen LogP contribution in [0.2, 0.25) is 0 Å². The SMILES string of the molecule is O=C(O)COc1cccc2c1CCCC2NS(=O)(=O)c1ccc(Oc2ccccc2)c(C(F)(F)F)c1. The molecule has 0 aliphatic heterocycles. The Bertz CT molecular complexity index is 1360. The predicted molar refractivity (Wildman–Crippen MR) is 124 cm³/mol. The number of hydrogen-bond acceptors (Lipinski definition) is 5. The Morgan fingerprint density at radius 2 is 1.78 bits per heavy atom. The van der Waals surface area contributed by atoms with Crippen molar-refractivity contribution in [1.29, 1.82) is 0 Å². The summed E-state index contributed by atoms with van der Waals surface area (Å²) in [5, 5.41) is 8.89. The summed E-state index contributed by atoms with van der Waals surface area (Å²) in [7, 11) is -4.35. The molecule has 11 heteroatoms. The molecule has 190 valence electrons. The highest BCUT2D eigenvalue weighted by Crippen LogP contribution is 2.40. The Kier molecular flexibility index (Phi) is 7.23. The van der Waals surface area contributed by atoms with Gasteiger partial charge in [0.1, 0.15) is 17.2 Å². The second-order valence-corrected chi connectivity index (χ2v) is 9.86. The molecule has 1 aliphatic rings. The number of hydrogen-bond donors (Lipinski definition) is 2. The summed E-state index contributed by atoms with van der Waals surface area (Å²) in [4.78, 5) is 10.3. The van der Waals surface area contributed by atoms with E-state index in [9.17, 15) is 26.4 Å². The molecule has 0 saturated heterocycles. The maximum Gasteiger partial charge on any atom is 0.420 e. The number of fused-ring (bicyclic) bond motifs is 1. The summed E-state index contributed by atoms with van der Waals surface area (Å²) in [6.45, 7) is -0.551. The van der Waals surface area contributed by atoms with Crippen molar-refractivity contribution >= 4 is 16.0 Å². The zero-order valence-corrected chi connectivity index (χ0v) is 19.6. The van der Waals surface area contributed by atoms with Gasteiger partial charge in [0.15, 0.2) is 6.61 Å². The monoisotopic (exact) mass is 521 g/mol. The molecule has 0 heterocycles. The van der Waals surface area contributed by atoms with Crippen molar-refractivity contribution in [1.82, 2.24) is 4.72 Å². The van der Waals surface area contributed by atoms with Crippen molar-refractivity contribution in [3.63, 3.8) is 0 Å². The number of carboxylic acids is 1. The molecule has 7 nitrogen and oxygen atoms in total. The first-order valence-electron chi connectivity index (χ1n) is 11.0. The van der Waals surface area contributed by atoms with E-state index < -0.39 is 51.0 Å². The highest BCUT2D eigenvalue weighted by molar-refractivity contribution is 7.89. The summed E-state index contributed by atoms with van der Waals surface area (Å²) in [5.41, 5.74) is 0.0377. The second-order valence-electron chi connectivity index (χ2n) is 8.14. The first-order valence-corrected chi connectivity index (χ1v) is 12.5. The van der Waals surface area contributed by atoms with Crippen LogP contribution in [0.25, 0.3) is 0 Å². The molecule has 0 aromatic heterocycles. The number of benzene rings is 3. The summed E-state index contributed by atoms with van der Waals surface area (Å²) < 4.78 is 80.8. The predicted octanol–water partition coefficient (Wildman–Crippen LogP) is 5.32. The molecule has 0 radical (unpaired) electrons.